The largest absolute Gasteiger partial charge is 0.507 e. The van der Waals surface area contributed by atoms with Crippen molar-refractivity contribution in [3.8, 4) is 0 Å². The number of aromatic nitrogens is 1. The van der Waals surface area contributed by atoms with Crippen molar-refractivity contribution in [3.05, 3.63) is 86.9 Å². The number of anilines is 1. The summed E-state index contributed by atoms with van der Waals surface area (Å²) in [6.07, 6.45) is 1.55. The van der Waals surface area contributed by atoms with Crippen molar-refractivity contribution in [1.29, 1.82) is 0 Å². The molecule has 0 unspecified atom stereocenters. The highest BCUT2D eigenvalue weighted by Gasteiger charge is 2.48. The van der Waals surface area contributed by atoms with Crippen LogP contribution in [0.25, 0.3) is 5.76 Å². The van der Waals surface area contributed by atoms with Gasteiger partial charge in [0.1, 0.15) is 5.76 Å². The summed E-state index contributed by atoms with van der Waals surface area (Å²) in [5, 5.41) is 13.9. The van der Waals surface area contributed by atoms with Crippen molar-refractivity contribution < 1.29 is 14.7 Å². The fraction of sp³-hybridized carbons (Fsp3) is 0.0500. The fourth-order valence-corrected chi connectivity index (χ4v) is 4.11. The molecule has 1 fully saturated rings. The van der Waals surface area contributed by atoms with Crippen LogP contribution in [0.15, 0.2) is 65.7 Å². The van der Waals surface area contributed by atoms with E-state index < -0.39 is 17.7 Å². The van der Waals surface area contributed by atoms with E-state index in [-0.39, 0.29) is 11.3 Å². The third-order valence-electron chi connectivity index (χ3n) is 4.35. The number of carbonyl (C=O) groups is 2. The van der Waals surface area contributed by atoms with E-state index in [1.807, 2.05) is 0 Å². The minimum atomic E-state index is -0.847. The van der Waals surface area contributed by atoms with Gasteiger partial charge in [0.2, 0.25) is 0 Å². The first-order chi connectivity index (χ1) is 13.5. The minimum Gasteiger partial charge on any atom is -0.507 e. The second-order valence-corrected chi connectivity index (χ2v) is 7.79. The predicted molar refractivity (Wildman–Crippen MR) is 110 cm³/mol. The number of hydrogen-bond acceptors (Lipinski definition) is 5. The molecule has 4 rings (SSSR count). The first-order valence-electron chi connectivity index (χ1n) is 8.19. The molecule has 2 heterocycles. The second-order valence-electron chi connectivity index (χ2n) is 6.05. The third kappa shape index (κ3) is 3.20. The monoisotopic (exact) mass is 430 g/mol. The van der Waals surface area contributed by atoms with Crippen LogP contribution in [0.3, 0.4) is 0 Å². The quantitative estimate of drug-likeness (QED) is 0.357. The molecule has 1 aromatic heterocycles. The predicted octanol–water partition coefficient (Wildman–Crippen LogP) is 5.08. The molecule has 1 amide bonds. The standard InChI is InChI=1S/C20H12Cl2N2O3S/c21-13-6-4-11(5-7-13)17(25)15-16(12-2-1-3-14(22)10-12)24(19(27)18(15)26)20-23-8-9-28-20/h1-10,16,25H/t16-/m1/s1. The third-order valence-corrected chi connectivity index (χ3v) is 5.61. The van der Waals surface area contributed by atoms with Gasteiger partial charge in [-0.15, -0.1) is 11.3 Å². The van der Waals surface area contributed by atoms with Gasteiger partial charge in [-0.25, -0.2) is 4.98 Å². The number of ketones is 1. The smallest absolute Gasteiger partial charge is 0.301 e. The van der Waals surface area contributed by atoms with Crippen LogP contribution in [0.2, 0.25) is 10.0 Å². The van der Waals surface area contributed by atoms with E-state index in [0.717, 1.165) is 0 Å². The summed E-state index contributed by atoms with van der Waals surface area (Å²) in [5.41, 5.74) is 0.954. The van der Waals surface area contributed by atoms with Gasteiger partial charge in [0, 0.05) is 27.2 Å². The molecule has 1 N–H and O–H groups in total. The van der Waals surface area contributed by atoms with E-state index in [1.54, 1.807) is 60.1 Å². The zero-order chi connectivity index (χ0) is 19.8. The molecule has 0 radical (unpaired) electrons. The molecule has 8 heteroatoms. The average Bonchev–Trinajstić information content (AvgIpc) is 3.29. The summed E-state index contributed by atoms with van der Waals surface area (Å²) in [4.78, 5) is 31.2. The Balaban J connectivity index is 1.95. The molecule has 1 aliphatic heterocycles. The highest BCUT2D eigenvalue weighted by molar-refractivity contribution is 7.14. The molecule has 0 bridgehead atoms. The first kappa shape index (κ1) is 18.7. The van der Waals surface area contributed by atoms with E-state index in [9.17, 15) is 14.7 Å². The fourth-order valence-electron chi connectivity index (χ4n) is 3.12. The summed E-state index contributed by atoms with van der Waals surface area (Å²) >= 11 is 13.3. The summed E-state index contributed by atoms with van der Waals surface area (Å²) < 4.78 is 0. The van der Waals surface area contributed by atoms with Gasteiger partial charge in [0.15, 0.2) is 5.13 Å². The zero-order valence-electron chi connectivity index (χ0n) is 14.2. The topological polar surface area (TPSA) is 70.5 Å². The Morgan fingerprint density at radius 2 is 1.82 bits per heavy atom. The van der Waals surface area contributed by atoms with Crippen molar-refractivity contribution in [3.63, 3.8) is 0 Å². The van der Waals surface area contributed by atoms with Crippen LogP contribution < -0.4 is 4.90 Å². The second kappa shape index (κ2) is 7.39. The Morgan fingerprint density at radius 1 is 1.07 bits per heavy atom. The van der Waals surface area contributed by atoms with Gasteiger partial charge in [0.25, 0.3) is 5.78 Å². The average molecular weight is 431 g/mol. The van der Waals surface area contributed by atoms with E-state index in [4.69, 9.17) is 23.2 Å². The van der Waals surface area contributed by atoms with E-state index >= 15 is 0 Å². The van der Waals surface area contributed by atoms with Crippen LogP contribution in [0.5, 0.6) is 0 Å². The SMILES string of the molecule is O=C1C(=O)N(c2nccs2)[C@H](c2cccc(Cl)c2)C1=C(O)c1ccc(Cl)cc1. The Labute approximate surface area is 174 Å². The van der Waals surface area contributed by atoms with Crippen LogP contribution in [0.1, 0.15) is 17.2 Å². The number of hydrogen-bond donors (Lipinski definition) is 1. The summed E-state index contributed by atoms with van der Waals surface area (Å²) in [6.45, 7) is 0. The number of Topliss-reactive ketones (excluding diaryl/α,β-unsaturated/α-hetero) is 1. The molecule has 5 nitrogen and oxygen atoms in total. The van der Waals surface area contributed by atoms with Gasteiger partial charge >= 0.3 is 5.91 Å². The number of rotatable bonds is 3. The van der Waals surface area contributed by atoms with Gasteiger partial charge in [-0.1, -0.05) is 35.3 Å². The number of amides is 1. The Morgan fingerprint density at radius 3 is 2.46 bits per heavy atom. The van der Waals surface area contributed by atoms with E-state index in [0.29, 0.717) is 26.3 Å². The maximum atomic E-state index is 12.9. The molecule has 0 spiro atoms. The summed E-state index contributed by atoms with van der Waals surface area (Å²) in [6, 6.07) is 12.4. The number of nitrogens with zero attached hydrogens (tertiary/aromatic N) is 2. The van der Waals surface area contributed by atoms with Crippen LogP contribution in [-0.2, 0) is 9.59 Å². The Bertz CT molecular complexity index is 1090. The molecule has 0 saturated carbocycles. The minimum absolute atomic E-state index is 0.0233. The number of thiazole rings is 1. The van der Waals surface area contributed by atoms with Gasteiger partial charge in [-0.3, -0.25) is 14.5 Å². The zero-order valence-corrected chi connectivity index (χ0v) is 16.5. The van der Waals surface area contributed by atoms with E-state index in [2.05, 4.69) is 4.98 Å². The molecule has 3 aromatic rings. The number of aliphatic hydroxyl groups excluding tert-OH is 1. The van der Waals surface area contributed by atoms with Crippen LogP contribution in [0.4, 0.5) is 5.13 Å². The van der Waals surface area contributed by atoms with Gasteiger partial charge in [-0.05, 0) is 42.0 Å². The molecular formula is C20H12Cl2N2O3S. The molecular weight excluding hydrogens is 419 g/mol. The lowest BCUT2D eigenvalue weighted by atomic mass is 9.95. The van der Waals surface area contributed by atoms with Crippen molar-refractivity contribution in [2.75, 3.05) is 4.90 Å². The van der Waals surface area contributed by atoms with Crippen molar-refractivity contribution >= 4 is 57.1 Å². The molecule has 1 aliphatic rings. The summed E-state index contributed by atoms with van der Waals surface area (Å²) in [7, 11) is 0. The van der Waals surface area contributed by atoms with E-state index in [1.165, 1.54) is 16.2 Å². The van der Waals surface area contributed by atoms with Crippen LogP contribution in [-0.4, -0.2) is 21.8 Å². The lowest BCUT2D eigenvalue weighted by Gasteiger charge is -2.23. The summed E-state index contributed by atoms with van der Waals surface area (Å²) in [5.74, 6) is -1.82. The lowest BCUT2D eigenvalue weighted by molar-refractivity contribution is -0.132. The number of carbonyl (C=O) groups excluding carboxylic acids is 2. The molecule has 2 aromatic carbocycles. The Kier molecular flexibility index (Phi) is 4.93. The van der Waals surface area contributed by atoms with Gasteiger partial charge in [-0.2, -0.15) is 0 Å². The number of aliphatic hydroxyl groups is 1. The molecule has 1 atom stereocenters. The van der Waals surface area contributed by atoms with Crippen molar-refractivity contribution in [2.24, 2.45) is 0 Å². The maximum absolute atomic E-state index is 12.9. The highest BCUT2D eigenvalue weighted by atomic mass is 35.5. The van der Waals surface area contributed by atoms with Crippen LogP contribution >= 0.6 is 34.5 Å². The van der Waals surface area contributed by atoms with Gasteiger partial charge in [0.05, 0.1) is 11.6 Å². The Hall–Kier alpha value is -2.67. The van der Waals surface area contributed by atoms with Crippen molar-refractivity contribution in [2.45, 2.75) is 6.04 Å². The van der Waals surface area contributed by atoms with Gasteiger partial charge < -0.3 is 5.11 Å². The number of halogens is 2. The maximum Gasteiger partial charge on any atom is 0.301 e. The highest BCUT2D eigenvalue weighted by Crippen LogP contribution is 2.43. The molecule has 0 aliphatic carbocycles. The molecule has 140 valence electrons. The molecule has 1 saturated heterocycles. The lowest BCUT2D eigenvalue weighted by Crippen LogP contribution is -2.29. The molecule has 28 heavy (non-hydrogen) atoms. The number of benzene rings is 2. The normalized spacial score (nSPS) is 18.6. The van der Waals surface area contributed by atoms with Crippen molar-refractivity contribution in [1.82, 2.24) is 4.98 Å². The van der Waals surface area contributed by atoms with Crippen LogP contribution in [0, 0.1) is 0 Å². The first-order valence-corrected chi connectivity index (χ1v) is 9.83.